The molecule has 9 nitrogen and oxygen atoms in total. The zero-order chi connectivity index (χ0) is 31.3. The van der Waals surface area contributed by atoms with Gasteiger partial charge >= 0.3 is 11.9 Å². The molecular weight excluding hydrogens is 550 g/mol. The van der Waals surface area contributed by atoms with Crippen molar-refractivity contribution in [1.29, 1.82) is 0 Å². The molecule has 3 aliphatic rings. The van der Waals surface area contributed by atoms with E-state index in [-0.39, 0.29) is 36.4 Å². The summed E-state index contributed by atoms with van der Waals surface area (Å²) in [5.41, 5.74) is 1.51. The number of cyclic esters (lactones) is 1. The van der Waals surface area contributed by atoms with Crippen LogP contribution in [0.2, 0.25) is 0 Å². The minimum Gasteiger partial charge on any atom is -0.462 e. The average molecular weight is 596 g/mol. The van der Waals surface area contributed by atoms with Crippen molar-refractivity contribution in [3.8, 4) is 0 Å². The maximum atomic E-state index is 12.9. The van der Waals surface area contributed by atoms with Crippen LogP contribution >= 0.6 is 0 Å². The number of hydrogen-bond donors (Lipinski definition) is 2. The third kappa shape index (κ3) is 8.65. The van der Waals surface area contributed by atoms with E-state index in [0.29, 0.717) is 30.7 Å². The lowest BCUT2D eigenvalue weighted by atomic mass is 9.85. The smallest absolute Gasteiger partial charge is 0.330 e. The number of carbonyl (C=O) groups is 2. The maximum Gasteiger partial charge on any atom is 0.330 e. The Morgan fingerprint density at radius 2 is 1.95 bits per heavy atom. The summed E-state index contributed by atoms with van der Waals surface area (Å²) in [6.07, 6.45) is 14.5. The first-order chi connectivity index (χ1) is 20.4. The highest BCUT2D eigenvalue weighted by atomic mass is 16.6. The summed E-state index contributed by atoms with van der Waals surface area (Å²) in [6.45, 7) is 11.2. The van der Waals surface area contributed by atoms with Crippen LogP contribution in [-0.4, -0.2) is 63.3 Å². The van der Waals surface area contributed by atoms with E-state index in [4.69, 9.17) is 18.6 Å². The molecule has 0 saturated carbocycles. The number of ether oxygens (including phenoxy) is 3. The van der Waals surface area contributed by atoms with Crippen LogP contribution in [0.25, 0.3) is 6.08 Å². The third-order valence-corrected chi connectivity index (χ3v) is 8.76. The summed E-state index contributed by atoms with van der Waals surface area (Å²) in [5, 5.41) is 22.4. The number of nitrogens with zero attached hydrogens (tertiary/aromatic N) is 1. The summed E-state index contributed by atoms with van der Waals surface area (Å²) >= 11 is 0. The zero-order valence-electron chi connectivity index (χ0n) is 25.9. The summed E-state index contributed by atoms with van der Waals surface area (Å²) in [5.74, 6) is -0.667. The van der Waals surface area contributed by atoms with Crippen LogP contribution in [0, 0.1) is 24.7 Å². The molecule has 1 aromatic heterocycles. The van der Waals surface area contributed by atoms with Crippen LogP contribution in [0.4, 0.5) is 0 Å². The number of aliphatic hydroxyl groups excluding tert-OH is 2. The number of oxazole rings is 1. The van der Waals surface area contributed by atoms with Crippen molar-refractivity contribution in [2.45, 2.75) is 103 Å². The molecule has 0 unspecified atom stereocenters. The first kappa shape index (κ1) is 32.6. The van der Waals surface area contributed by atoms with E-state index in [9.17, 15) is 19.8 Å². The van der Waals surface area contributed by atoms with E-state index < -0.39 is 35.8 Å². The zero-order valence-corrected chi connectivity index (χ0v) is 25.9. The Morgan fingerprint density at radius 3 is 2.67 bits per heavy atom. The first-order valence-corrected chi connectivity index (χ1v) is 15.1. The highest BCUT2D eigenvalue weighted by Crippen LogP contribution is 2.43. The lowest BCUT2D eigenvalue weighted by Gasteiger charge is -2.31. The van der Waals surface area contributed by atoms with Gasteiger partial charge in [-0.3, -0.25) is 4.79 Å². The van der Waals surface area contributed by atoms with Gasteiger partial charge in [-0.25, -0.2) is 9.78 Å². The lowest BCUT2D eigenvalue weighted by molar-refractivity contribution is -0.158. The number of hydrogen-bond acceptors (Lipinski definition) is 9. The van der Waals surface area contributed by atoms with Gasteiger partial charge < -0.3 is 28.8 Å². The highest BCUT2D eigenvalue weighted by Gasteiger charge is 2.57. The number of carbonyl (C=O) groups excluding carboxylic acids is 2. The van der Waals surface area contributed by atoms with Crippen LogP contribution in [0.1, 0.15) is 71.9 Å². The number of esters is 2. The van der Waals surface area contributed by atoms with Crippen LogP contribution in [0.15, 0.2) is 64.4 Å². The van der Waals surface area contributed by atoms with Gasteiger partial charge in [-0.15, -0.1) is 0 Å². The van der Waals surface area contributed by atoms with Gasteiger partial charge in [0.1, 0.15) is 35.9 Å². The van der Waals surface area contributed by atoms with Gasteiger partial charge in [-0.1, -0.05) is 50.3 Å². The Kier molecular flexibility index (Phi) is 10.6. The minimum absolute atomic E-state index is 0.0169. The van der Waals surface area contributed by atoms with E-state index in [1.807, 2.05) is 64.2 Å². The van der Waals surface area contributed by atoms with E-state index in [2.05, 4.69) is 4.98 Å². The molecule has 234 valence electrons. The molecule has 4 rings (SSSR count). The number of aryl methyl sites for hydroxylation is 1. The molecule has 4 heterocycles. The Balaban J connectivity index is 1.49. The predicted octanol–water partition coefficient (Wildman–Crippen LogP) is 5.18. The Bertz CT molecular complexity index is 1300. The number of rotatable bonds is 6. The molecule has 0 spiro atoms. The van der Waals surface area contributed by atoms with E-state index in [1.54, 1.807) is 26.2 Å². The minimum atomic E-state index is -0.948. The van der Waals surface area contributed by atoms with Crippen molar-refractivity contribution in [1.82, 2.24) is 4.98 Å². The normalized spacial score (nSPS) is 34.0. The number of allylic oxidation sites excluding steroid dienone is 5. The molecule has 2 bridgehead atoms. The summed E-state index contributed by atoms with van der Waals surface area (Å²) in [4.78, 5) is 29.4. The van der Waals surface area contributed by atoms with Gasteiger partial charge in [0.2, 0.25) is 0 Å². The molecule has 0 aliphatic carbocycles. The molecule has 9 heteroatoms. The summed E-state index contributed by atoms with van der Waals surface area (Å²) < 4.78 is 22.6. The van der Waals surface area contributed by atoms with Gasteiger partial charge in [0, 0.05) is 37.7 Å². The Morgan fingerprint density at radius 1 is 1.19 bits per heavy atom. The molecule has 3 aliphatic heterocycles. The van der Waals surface area contributed by atoms with Crippen molar-refractivity contribution < 1.29 is 38.4 Å². The number of fused-ring (bicyclic) bond motifs is 3. The molecule has 2 N–H and O–H groups in total. The predicted molar refractivity (Wildman–Crippen MR) is 161 cm³/mol. The van der Waals surface area contributed by atoms with Crippen molar-refractivity contribution in [3.63, 3.8) is 0 Å². The second kappa shape index (κ2) is 14.0. The first-order valence-electron chi connectivity index (χ1n) is 15.1. The number of epoxide rings is 1. The molecule has 43 heavy (non-hydrogen) atoms. The molecule has 0 aromatic carbocycles. The largest absolute Gasteiger partial charge is 0.462 e. The van der Waals surface area contributed by atoms with E-state index in [0.717, 1.165) is 11.3 Å². The SMILES string of the molecule is CC(C=CC=C(C)[C@H](O)[C@@H](C)[C@@H]1C[C@H](O)[C@@]2(C)O[C@@H]2C=C[C@@H](C)[C@H]2C[C@@H](CC=CC(=O)O1)CC(=O)O2)=Cc1coc(C)n1. The highest BCUT2D eigenvalue weighted by molar-refractivity contribution is 5.82. The van der Waals surface area contributed by atoms with Crippen LogP contribution in [0.3, 0.4) is 0 Å². The van der Waals surface area contributed by atoms with E-state index in [1.165, 1.54) is 6.08 Å². The van der Waals surface area contributed by atoms with Crippen molar-refractivity contribution >= 4 is 18.0 Å². The Labute approximate surface area is 254 Å². The molecule has 0 amide bonds. The topological polar surface area (TPSA) is 132 Å². The van der Waals surface area contributed by atoms with Gasteiger partial charge in [0.05, 0.1) is 12.2 Å². The molecular formula is C34H45NO8. The summed E-state index contributed by atoms with van der Waals surface area (Å²) in [7, 11) is 0. The lowest BCUT2D eigenvalue weighted by Crippen LogP contribution is -2.40. The maximum absolute atomic E-state index is 12.9. The van der Waals surface area contributed by atoms with Gasteiger partial charge in [0.15, 0.2) is 5.89 Å². The van der Waals surface area contributed by atoms with Crippen LogP contribution < -0.4 is 0 Å². The fourth-order valence-corrected chi connectivity index (χ4v) is 5.72. The standard InChI is InChI=1S/C34H45NO8/c1-20(15-26-19-40-24(5)35-26)9-7-10-22(3)33(39)23(4)28-18-29(36)34(6)30(43-34)14-13-21(2)27-16-25(17-32(38)41-27)11-8-12-31(37)42-28/h7-10,12-15,19,21,23,25,27-30,33,36,39H,11,16-18H2,1-6H3/t21-,23+,25-,27-,28+,29+,30-,33+,34-/m1/s1. The van der Waals surface area contributed by atoms with Crippen LogP contribution in [0.5, 0.6) is 0 Å². The quantitative estimate of drug-likeness (QED) is 0.198. The van der Waals surface area contributed by atoms with Crippen molar-refractivity contribution in [2.24, 2.45) is 17.8 Å². The second-order valence-electron chi connectivity index (χ2n) is 12.4. The van der Waals surface area contributed by atoms with E-state index >= 15 is 0 Å². The fraction of sp³-hybridized carbons (Fsp3) is 0.559. The molecule has 2 saturated heterocycles. The molecule has 2 fully saturated rings. The monoisotopic (exact) mass is 595 g/mol. The van der Waals surface area contributed by atoms with Gasteiger partial charge in [0.25, 0.3) is 0 Å². The molecule has 0 radical (unpaired) electrons. The number of aliphatic hydroxyl groups is 2. The fourth-order valence-electron chi connectivity index (χ4n) is 5.72. The van der Waals surface area contributed by atoms with Crippen molar-refractivity contribution in [2.75, 3.05) is 0 Å². The molecule has 9 atom stereocenters. The Hall–Kier alpha value is -3.27. The average Bonchev–Trinajstić information content (AvgIpc) is 3.46. The van der Waals surface area contributed by atoms with Crippen molar-refractivity contribution in [3.05, 3.63) is 71.5 Å². The second-order valence-corrected chi connectivity index (χ2v) is 12.4. The van der Waals surface area contributed by atoms with Crippen LogP contribution in [-0.2, 0) is 23.8 Å². The number of aromatic nitrogens is 1. The third-order valence-electron chi connectivity index (χ3n) is 8.76. The van der Waals surface area contributed by atoms with Gasteiger partial charge in [-0.2, -0.15) is 0 Å². The van der Waals surface area contributed by atoms with Gasteiger partial charge in [-0.05, 0) is 56.8 Å². The molecule has 1 aromatic rings. The summed E-state index contributed by atoms with van der Waals surface area (Å²) in [6, 6.07) is 0.